The number of hydrogen-bond donors (Lipinski definition) is 1. The van der Waals surface area contributed by atoms with E-state index in [1.165, 1.54) is 62.6 Å². The Morgan fingerprint density at radius 2 is 1.70 bits per heavy atom. The Labute approximate surface area is 222 Å². The number of rotatable bonds is 9. The summed E-state index contributed by atoms with van der Waals surface area (Å²) in [5, 5.41) is 0. The van der Waals surface area contributed by atoms with Gasteiger partial charge >= 0.3 is 0 Å². The van der Waals surface area contributed by atoms with E-state index in [2.05, 4.69) is 67.6 Å². The number of carbonyl (C=O) groups is 1. The summed E-state index contributed by atoms with van der Waals surface area (Å²) in [5.74, 6) is 3.47. The Bertz CT molecular complexity index is 1030. The van der Waals surface area contributed by atoms with Gasteiger partial charge in [0.25, 0.3) is 0 Å². The van der Waals surface area contributed by atoms with Crippen molar-refractivity contribution in [3.8, 4) is 0 Å². The topological polar surface area (TPSA) is 56.8 Å². The molecule has 1 saturated heterocycles. The third-order valence-electron chi connectivity index (χ3n) is 8.26. The van der Waals surface area contributed by atoms with Gasteiger partial charge in [-0.2, -0.15) is 0 Å². The largest absolute Gasteiger partial charge is 0.439 e. The molecule has 1 aromatic heterocycles. The molecule has 2 aliphatic rings. The average Bonchev–Trinajstić information content (AvgIpc) is 3.42. The molecule has 4 atom stereocenters. The van der Waals surface area contributed by atoms with Crippen LogP contribution in [0.2, 0.25) is 0 Å². The van der Waals surface area contributed by atoms with E-state index >= 15 is 0 Å². The van der Waals surface area contributed by atoms with Gasteiger partial charge in [-0.1, -0.05) is 93.3 Å². The SMILES string of the molecule is C=O.CCC1CC[NH+](Cc2cnc(C(c3ccccc3)C3CCCCC3)o2)CC1OCc1ccccc1. The lowest BCUT2D eigenvalue weighted by atomic mass is 9.77. The number of ether oxygens (including phenoxy) is 1. The molecule has 4 unspecified atom stereocenters. The summed E-state index contributed by atoms with van der Waals surface area (Å²) in [5.41, 5.74) is 2.60. The minimum absolute atomic E-state index is 0.271. The molecule has 5 heteroatoms. The number of hydrogen-bond acceptors (Lipinski definition) is 4. The fraction of sp³-hybridized carbons (Fsp3) is 0.500. The summed E-state index contributed by atoms with van der Waals surface area (Å²) in [6, 6.07) is 21.4. The molecule has 2 aromatic carbocycles. The van der Waals surface area contributed by atoms with Crippen molar-refractivity contribution in [2.24, 2.45) is 11.8 Å². The molecule has 0 bridgehead atoms. The number of likely N-dealkylation sites (tertiary alicyclic amines) is 1. The number of quaternary nitrogens is 1. The van der Waals surface area contributed by atoms with Crippen molar-refractivity contribution in [2.45, 2.75) is 77.0 Å². The second-order valence-electron chi connectivity index (χ2n) is 10.6. The quantitative estimate of drug-likeness (QED) is 0.413. The molecule has 5 rings (SSSR count). The Hall–Kier alpha value is -2.76. The molecule has 0 spiro atoms. The first-order chi connectivity index (χ1) is 18.3. The number of aromatic nitrogens is 1. The molecule has 3 aromatic rings. The van der Waals surface area contributed by atoms with Crippen LogP contribution in [-0.2, 0) is 22.7 Å². The zero-order valence-corrected chi connectivity index (χ0v) is 22.3. The van der Waals surface area contributed by atoms with E-state index in [1.807, 2.05) is 13.0 Å². The van der Waals surface area contributed by atoms with Gasteiger partial charge in [0.2, 0.25) is 5.89 Å². The van der Waals surface area contributed by atoms with Gasteiger partial charge in [-0.3, -0.25) is 0 Å². The van der Waals surface area contributed by atoms with Gasteiger partial charge in [-0.25, -0.2) is 4.98 Å². The normalized spacial score (nSPS) is 23.1. The Morgan fingerprint density at radius 1 is 1.00 bits per heavy atom. The lowest BCUT2D eigenvalue weighted by molar-refractivity contribution is -0.924. The Kier molecular flexibility index (Phi) is 10.5. The van der Waals surface area contributed by atoms with Gasteiger partial charge in [0.1, 0.15) is 26.0 Å². The summed E-state index contributed by atoms with van der Waals surface area (Å²) < 4.78 is 13.0. The van der Waals surface area contributed by atoms with Crippen molar-refractivity contribution in [3.05, 3.63) is 89.6 Å². The number of nitrogens with zero attached hydrogens (tertiary/aromatic N) is 1. The molecule has 0 amide bonds. The summed E-state index contributed by atoms with van der Waals surface area (Å²) in [6.45, 7) is 8.09. The molecule has 2 fully saturated rings. The maximum atomic E-state index is 8.00. The van der Waals surface area contributed by atoms with Gasteiger partial charge in [0.05, 0.1) is 25.3 Å². The van der Waals surface area contributed by atoms with Crippen molar-refractivity contribution in [1.29, 1.82) is 0 Å². The Morgan fingerprint density at radius 3 is 2.41 bits per heavy atom. The first-order valence-corrected chi connectivity index (χ1v) is 14.1. The molecule has 1 N–H and O–H groups in total. The van der Waals surface area contributed by atoms with Crippen LogP contribution in [-0.4, -0.2) is 31.0 Å². The molecule has 5 nitrogen and oxygen atoms in total. The average molecular weight is 504 g/mol. The van der Waals surface area contributed by atoms with E-state index in [9.17, 15) is 0 Å². The lowest BCUT2D eigenvalue weighted by Crippen LogP contribution is -3.13. The predicted molar refractivity (Wildman–Crippen MR) is 146 cm³/mol. The minimum Gasteiger partial charge on any atom is -0.439 e. The second-order valence-corrected chi connectivity index (χ2v) is 10.6. The third-order valence-corrected chi connectivity index (χ3v) is 8.26. The summed E-state index contributed by atoms with van der Waals surface area (Å²) in [4.78, 5) is 14.4. The van der Waals surface area contributed by atoms with Crippen molar-refractivity contribution in [2.75, 3.05) is 13.1 Å². The first-order valence-electron chi connectivity index (χ1n) is 14.1. The van der Waals surface area contributed by atoms with E-state index in [0.29, 0.717) is 24.5 Å². The van der Waals surface area contributed by atoms with E-state index in [0.717, 1.165) is 24.7 Å². The van der Waals surface area contributed by atoms with Crippen molar-refractivity contribution >= 4 is 6.79 Å². The molecule has 198 valence electrons. The highest BCUT2D eigenvalue weighted by molar-refractivity contribution is 5.26. The molecule has 2 heterocycles. The second kappa shape index (κ2) is 14.3. The van der Waals surface area contributed by atoms with Gasteiger partial charge in [0, 0.05) is 6.42 Å². The van der Waals surface area contributed by atoms with Crippen LogP contribution in [0.4, 0.5) is 0 Å². The highest BCUT2D eigenvalue weighted by Gasteiger charge is 2.34. The number of oxazole rings is 1. The summed E-state index contributed by atoms with van der Waals surface area (Å²) >= 11 is 0. The van der Waals surface area contributed by atoms with E-state index in [1.54, 1.807) is 4.90 Å². The number of benzene rings is 2. The number of nitrogens with one attached hydrogen (secondary N) is 1. The van der Waals surface area contributed by atoms with Crippen LogP contribution in [0.5, 0.6) is 0 Å². The lowest BCUT2D eigenvalue weighted by Gasteiger charge is -2.35. The summed E-state index contributed by atoms with van der Waals surface area (Å²) in [6.07, 6.45) is 11.2. The maximum Gasteiger partial charge on any atom is 0.202 e. The summed E-state index contributed by atoms with van der Waals surface area (Å²) in [7, 11) is 0. The zero-order valence-electron chi connectivity index (χ0n) is 22.3. The number of piperidine rings is 1. The van der Waals surface area contributed by atoms with Crippen LogP contribution in [0.25, 0.3) is 0 Å². The first kappa shape index (κ1) is 27.3. The van der Waals surface area contributed by atoms with Gasteiger partial charge < -0.3 is 18.8 Å². The molecule has 37 heavy (non-hydrogen) atoms. The van der Waals surface area contributed by atoms with Crippen LogP contribution in [0, 0.1) is 11.8 Å². The van der Waals surface area contributed by atoms with Crippen molar-refractivity contribution in [3.63, 3.8) is 0 Å². The maximum absolute atomic E-state index is 8.00. The van der Waals surface area contributed by atoms with Crippen molar-refractivity contribution in [1.82, 2.24) is 4.98 Å². The molecular weight excluding hydrogens is 460 g/mol. The monoisotopic (exact) mass is 503 g/mol. The Balaban J connectivity index is 0.00000156. The van der Waals surface area contributed by atoms with Crippen LogP contribution in [0.3, 0.4) is 0 Å². The third kappa shape index (κ3) is 7.39. The highest BCUT2D eigenvalue weighted by Crippen LogP contribution is 2.40. The van der Waals surface area contributed by atoms with Crippen LogP contribution in [0.1, 0.15) is 80.6 Å². The smallest absolute Gasteiger partial charge is 0.202 e. The van der Waals surface area contributed by atoms with Crippen molar-refractivity contribution < 1.29 is 18.8 Å². The fourth-order valence-electron chi connectivity index (χ4n) is 6.27. The van der Waals surface area contributed by atoms with Crippen LogP contribution < -0.4 is 4.90 Å². The predicted octanol–water partition coefficient (Wildman–Crippen LogP) is 5.60. The van der Waals surface area contributed by atoms with Gasteiger partial charge in [-0.05, 0) is 35.8 Å². The zero-order chi connectivity index (χ0) is 25.9. The minimum atomic E-state index is 0.271. The molecular formula is C32H43N2O3+. The van der Waals surface area contributed by atoms with E-state index in [-0.39, 0.29) is 5.92 Å². The molecule has 1 saturated carbocycles. The molecule has 1 aliphatic heterocycles. The van der Waals surface area contributed by atoms with E-state index < -0.39 is 0 Å². The molecule has 0 radical (unpaired) electrons. The van der Waals surface area contributed by atoms with Gasteiger partial charge in [0.15, 0.2) is 5.76 Å². The standard InChI is InChI=1S/C31H40N2O2.CH2O/c1-2-25-18-19-33(22-29(25)34-23-24-12-6-3-7-13-24)21-28-20-32-31(35-28)30(26-14-8-4-9-15-26)27-16-10-5-11-17-27;1-2/h3-4,6-9,12-15,20,25,27,29-30H,2,5,10-11,16-19,21-23H2,1H3;1H2/p+1. The van der Waals surface area contributed by atoms with E-state index in [4.69, 9.17) is 18.9 Å². The number of carbonyl (C=O) groups excluding carboxylic acids is 1. The molecule has 1 aliphatic carbocycles. The highest BCUT2D eigenvalue weighted by atomic mass is 16.5. The van der Waals surface area contributed by atoms with Crippen LogP contribution in [0.15, 0.2) is 71.3 Å². The fourth-order valence-corrected chi connectivity index (χ4v) is 6.27. The van der Waals surface area contributed by atoms with Gasteiger partial charge in [-0.15, -0.1) is 0 Å². The van der Waals surface area contributed by atoms with Crippen LogP contribution >= 0.6 is 0 Å².